The minimum atomic E-state index is -3.43. The Kier molecular flexibility index (Phi) is 8.80. The van der Waals surface area contributed by atoms with E-state index < -0.39 is 10.0 Å². The number of likely N-dealkylation sites (N-methyl/N-ethyl adjacent to an activating group) is 1. The Balaban J connectivity index is 1.74. The van der Waals surface area contributed by atoms with Gasteiger partial charge in [0.2, 0.25) is 10.0 Å². The molecule has 0 amide bonds. The lowest BCUT2D eigenvalue weighted by atomic mass is 9.79. The first-order valence-electron chi connectivity index (χ1n) is 9.84. The van der Waals surface area contributed by atoms with E-state index in [4.69, 9.17) is 11.6 Å². The second kappa shape index (κ2) is 10.6. The Bertz CT molecular complexity index is 683. The molecule has 1 aromatic rings. The molecule has 1 fully saturated rings. The molecular formula is C21H33ClN2O2S. The Labute approximate surface area is 170 Å². The second-order valence-corrected chi connectivity index (χ2v) is 10.3. The molecule has 4 nitrogen and oxygen atoms in total. The van der Waals surface area contributed by atoms with Gasteiger partial charge in [-0.15, -0.1) is 6.58 Å². The van der Waals surface area contributed by atoms with E-state index >= 15 is 0 Å². The Hall–Kier alpha value is -0.880. The zero-order valence-corrected chi connectivity index (χ0v) is 18.2. The van der Waals surface area contributed by atoms with Gasteiger partial charge in [0.25, 0.3) is 0 Å². The van der Waals surface area contributed by atoms with Gasteiger partial charge in [0.1, 0.15) is 0 Å². The second-order valence-electron chi connectivity index (χ2n) is 7.80. The molecule has 0 saturated heterocycles. The van der Waals surface area contributed by atoms with Crippen molar-refractivity contribution in [3.05, 3.63) is 41.9 Å². The highest BCUT2D eigenvalue weighted by molar-refractivity contribution is 7.89. The van der Waals surface area contributed by atoms with E-state index in [-0.39, 0.29) is 0 Å². The fraction of sp³-hybridized carbons (Fsp3) is 0.619. The van der Waals surface area contributed by atoms with E-state index in [1.807, 2.05) is 6.08 Å². The van der Waals surface area contributed by atoms with Crippen LogP contribution >= 0.6 is 11.6 Å². The van der Waals surface area contributed by atoms with Crippen LogP contribution in [0.2, 0.25) is 5.02 Å². The minimum Gasteiger partial charge on any atom is -0.303 e. The Morgan fingerprint density at radius 1 is 1.04 bits per heavy atom. The van der Waals surface area contributed by atoms with Crippen LogP contribution in [0.5, 0.6) is 0 Å². The van der Waals surface area contributed by atoms with Crippen molar-refractivity contribution >= 4 is 21.6 Å². The number of rotatable bonds is 10. The monoisotopic (exact) mass is 412 g/mol. The molecule has 0 radical (unpaired) electrons. The average Bonchev–Trinajstić information content (AvgIpc) is 2.66. The molecule has 1 aliphatic rings. The molecule has 1 aliphatic carbocycles. The van der Waals surface area contributed by atoms with Crippen LogP contribution in [-0.4, -0.2) is 51.4 Å². The fourth-order valence-electron chi connectivity index (χ4n) is 3.79. The van der Waals surface area contributed by atoms with Crippen molar-refractivity contribution in [3.63, 3.8) is 0 Å². The van der Waals surface area contributed by atoms with Gasteiger partial charge in [0.15, 0.2) is 0 Å². The molecule has 0 aromatic heterocycles. The lowest BCUT2D eigenvalue weighted by Gasteiger charge is -2.30. The van der Waals surface area contributed by atoms with Crippen LogP contribution in [0.4, 0.5) is 0 Å². The van der Waals surface area contributed by atoms with Crippen LogP contribution in [-0.2, 0) is 10.0 Å². The quantitative estimate of drug-likeness (QED) is 0.524. The number of nitrogens with zero attached hydrogens (tertiary/aromatic N) is 2. The standard InChI is InChI=1S/C21H33ClN2O2S/c1-4-15-23(2)16-13-18-5-7-19(8-6-18)14-17-24(3)27(25,26)21-11-9-20(22)10-12-21/h4,9-12,18-19H,1,5-8,13-17H2,2-3H3/t18-,19-. The van der Waals surface area contributed by atoms with E-state index in [0.717, 1.165) is 25.4 Å². The molecular weight excluding hydrogens is 380 g/mol. The summed E-state index contributed by atoms with van der Waals surface area (Å²) in [7, 11) is 0.385. The molecule has 152 valence electrons. The SMILES string of the molecule is C=CCN(C)CC[C@H]1CC[C@H](CCN(C)S(=O)(=O)c2ccc(Cl)cc2)CC1. The zero-order chi connectivity index (χ0) is 19.9. The van der Waals surface area contributed by atoms with Crippen molar-refractivity contribution in [1.29, 1.82) is 0 Å². The first-order chi connectivity index (χ1) is 12.8. The van der Waals surface area contributed by atoms with E-state index in [2.05, 4.69) is 18.5 Å². The topological polar surface area (TPSA) is 40.6 Å². The summed E-state index contributed by atoms with van der Waals surface area (Å²) in [6.45, 7) is 6.43. The van der Waals surface area contributed by atoms with Crippen LogP contribution in [0.25, 0.3) is 0 Å². The molecule has 0 bridgehead atoms. The fourth-order valence-corrected chi connectivity index (χ4v) is 5.11. The zero-order valence-electron chi connectivity index (χ0n) is 16.6. The van der Waals surface area contributed by atoms with Gasteiger partial charge in [0.05, 0.1) is 4.90 Å². The van der Waals surface area contributed by atoms with Crippen molar-refractivity contribution in [2.45, 2.75) is 43.4 Å². The first kappa shape index (κ1) is 22.4. The summed E-state index contributed by atoms with van der Waals surface area (Å²) < 4.78 is 26.8. The number of hydrogen-bond donors (Lipinski definition) is 0. The summed E-state index contributed by atoms with van der Waals surface area (Å²) in [4.78, 5) is 2.62. The molecule has 1 saturated carbocycles. The highest BCUT2D eigenvalue weighted by Gasteiger charge is 2.24. The van der Waals surface area contributed by atoms with Crippen molar-refractivity contribution < 1.29 is 8.42 Å². The van der Waals surface area contributed by atoms with Gasteiger partial charge >= 0.3 is 0 Å². The van der Waals surface area contributed by atoms with Gasteiger partial charge < -0.3 is 4.90 Å². The van der Waals surface area contributed by atoms with Crippen LogP contribution < -0.4 is 0 Å². The van der Waals surface area contributed by atoms with E-state index in [0.29, 0.717) is 22.4 Å². The maximum Gasteiger partial charge on any atom is 0.242 e. The van der Waals surface area contributed by atoms with Crippen LogP contribution in [0.1, 0.15) is 38.5 Å². The lowest BCUT2D eigenvalue weighted by Crippen LogP contribution is -2.30. The molecule has 1 aromatic carbocycles. The summed E-state index contributed by atoms with van der Waals surface area (Å²) >= 11 is 5.86. The average molecular weight is 413 g/mol. The Morgan fingerprint density at radius 3 is 2.07 bits per heavy atom. The van der Waals surface area contributed by atoms with Gasteiger partial charge in [-0.05, 0) is 62.5 Å². The van der Waals surface area contributed by atoms with E-state index in [1.54, 1.807) is 31.3 Å². The number of halogens is 1. The third-order valence-electron chi connectivity index (χ3n) is 5.70. The van der Waals surface area contributed by atoms with Gasteiger partial charge in [-0.1, -0.05) is 43.4 Å². The predicted molar refractivity (Wildman–Crippen MR) is 114 cm³/mol. The normalized spacial score (nSPS) is 20.9. The van der Waals surface area contributed by atoms with Gasteiger partial charge in [0, 0.05) is 25.2 Å². The highest BCUT2D eigenvalue weighted by Crippen LogP contribution is 2.33. The van der Waals surface area contributed by atoms with Gasteiger partial charge in [-0.25, -0.2) is 12.7 Å². The van der Waals surface area contributed by atoms with Crippen LogP contribution in [0, 0.1) is 11.8 Å². The lowest BCUT2D eigenvalue weighted by molar-refractivity contribution is 0.224. The molecule has 0 aliphatic heterocycles. The maximum absolute atomic E-state index is 12.6. The van der Waals surface area contributed by atoms with Crippen molar-refractivity contribution in [3.8, 4) is 0 Å². The molecule has 6 heteroatoms. The molecule has 2 rings (SSSR count). The summed E-state index contributed by atoms with van der Waals surface area (Å²) in [6.07, 6.45) is 9.09. The number of benzene rings is 1. The smallest absolute Gasteiger partial charge is 0.242 e. The number of sulfonamides is 1. The largest absolute Gasteiger partial charge is 0.303 e. The van der Waals surface area contributed by atoms with Crippen molar-refractivity contribution in [2.75, 3.05) is 33.7 Å². The third kappa shape index (κ3) is 6.90. The van der Waals surface area contributed by atoms with E-state index in [1.165, 1.54) is 36.4 Å². The van der Waals surface area contributed by atoms with E-state index in [9.17, 15) is 8.42 Å². The van der Waals surface area contributed by atoms with Crippen LogP contribution in [0.3, 0.4) is 0 Å². The summed E-state index contributed by atoms with van der Waals surface area (Å²) in [5.41, 5.74) is 0. The maximum atomic E-state index is 12.6. The predicted octanol–water partition coefficient (Wildman–Crippen LogP) is 4.66. The van der Waals surface area contributed by atoms with Crippen molar-refractivity contribution in [2.24, 2.45) is 11.8 Å². The molecule has 0 atom stereocenters. The Morgan fingerprint density at radius 2 is 1.56 bits per heavy atom. The number of hydrogen-bond acceptors (Lipinski definition) is 3. The molecule has 27 heavy (non-hydrogen) atoms. The summed E-state index contributed by atoms with van der Waals surface area (Å²) in [5, 5.41) is 0.545. The van der Waals surface area contributed by atoms with Gasteiger partial charge in [-0.2, -0.15) is 0 Å². The summed E-state index contributed by atoms with van der Waals surface area (Å²) in [6, 6.07) is 6.39. The summed E-state index contributed by atoms with van der Waals surface area (Å²) in [5.74, 6) is 1.44. The molecule has 0 unspecified atom stereocenters. The molecule has 0 N–H and O–H groups in total. The highest BCUT2D eigenvalue weighted by atomic mass is 35.5. The van der Waals surface area contributed by atoms with Gasteiger partial charge in [-0.3, -0.25) is 0 Å². The molecule has 0 heterocycles. The minimum absolute atomic E-state index is 0.307. The third-order valence-corrected chi connectivity index (χ3v) is 7.82. The van der Waals surface area contributed by atoms with Crippen molar-refractivity contribution in [1.82, 2.24) is 9.21 Å². The van der Waals surface area contributed by atoms with Crippen LogP contribution in [0.15, 0.2) is 41.8 Å². The first-order valence-corrected chi connectivity index (χ1v) is 11.7. The molecule has 0 spiro atoms.